The quantitative estimate of drug-likeness (QED) is 0.561. The highest BCUT2D eigenvalue weighted by Crippen LogP contribution is 2.28. The van der Waals surface area contributed by atoms with Crippen LogP contribution in [-0.2, 0) is 11.3 Å². The number of ether oxygens (including phenoxy) is 2. The summed E-state index contributed by atoms with van der Waals surface area (Å²) in [6.45, 7) is 11.1. The van der Waals surface area contributed by atoms with Crippen molar-refractivity contribution in [2.45, 2.75) is 13.0 Å². The van der Waals surface area contributed by atoms with Crippen LogP contribution in [0.3, 0.4) is 0 Å². The normalized spacial score (nSPS) is 15.4. The van der Waals surface area contributed by atoms with Crippen molar-refractivity contribution in [3.8, 4) is 5.75 Å². The van der Waals surface area contributed by atoms with E-state index in [1.807, 2.05) is 0 Å². The van der Waals surface area contributed by atoms with E-state index in [9.17, 15) is 0 Å². The van der Waals surface area contributed by atoms with Crippen molar-refractivity contribution in [3.05, 3.63) is 54.6 Å². The Balaban J connectivity index is 1.57. The summed E-state index contributed by atoms with van der Waals surface area (Å²) in [5.74, 6) is 0.944. The molecule has 1 fully saturated rings. The molecule has 1 aliphatic heterocycles. The van der Waals surface area contributed by atoms with Gasteiger partial charge in [-0.05, 0) is 36.3 Å². The van der Waals surface area contributed by atoms with Crippen molar-refractivity contribution in [3.63, 3.8) is 0 Å². The van der Waals surface area contributed by atoms with Crippen LogP contribution in [0.5, 0.6) is 5.75 Å². The van der Waals surface area contributed by atoms with E-state index in [0.29, 0.717) is 6.61 Å². The molecule has 25 heavy (non-hydrogen) atoms. The van der Waals surface area contributed by atoms with Crippen LogP contribution in [0.2, 0.25) is 0 Å². The fraction of sp³-hybridized carbons (Fsp3) is 0.429. The standard InChI is InChI=1S/C21H28N2O2/c1-2-14-25-21-9-8-18-6-3-4-7-19(18)20(21)17-22-10-5-11-23-12-15-24-16-13-23/h2-4,6-9,22H,1,5,10-17H2. The van der Waals surface area contributed by atoms with E-state index >= 15 is 0 Å². The molecule has 1 heterocycles. The van der Waals surface area contributed by atoms with Gasteiger partial charge in [-0.15, -0.1) is 0 Å². The van der Waals surface area contributed by atoms with Crippen molar-refractivity contribution >= 4 is 10.8 Å². The summed E-state index contributed by atoms with van der Waals surface area (Å²) in [5.41, 5.74) is 1.23. The zero-order valence-electron chi connectivity index (χ0n) is 14.9. The zero-order valence-corrected chi connectivity index (χ0v) is 14.9. The maximum atomic E-state index is 5.87. The first-order valence-corrected chi connectivity index (χ1v) is 9.13. The summed E-state index contributed by atoms with van der Waals surface area (Å²) in [7, 11) is 0. The van der Waals surface area contributed by atoms with E-state index in [2.05, 4.69) is 53.2 Å². The van der Waals surface area contributed by atoms with Gasteiger partial charge in [-0.1, -0.05) is 43.0 Å². The van der Waals surface area contributed by atoms with E-state index in [4.69, 9.17) is 9.47 Å². The Morgan fingerprint density at radius 3 is 2.84 bits per heavy atom. The van der Waals surface area contributed by atoms with Crippen LogP contribution >= 0.6 is 0 Å². The Morgan fingerprint density at radius 2 is 2.00 bits per heavy atom. The van der Waals surface area contributed by atoms with Crippen molar-refractivity contribution in [2.75, 3.05) is 46.0 Å². The molecule has 0 atom stereocenters. The molecule has 0 saturated carbocycles. The minimum absolute atomic E-state index is 0.530. The van der Waals surface area contributed by atoms with Gasteiger partial charge in [-0.2, -0.15) is 0 Å². The number of rotatable bonds is 9. The first-order chi connectivity index (χ1) is 12.4. The van der Waals surface area contributed by atoms with Crippen molar-refractivity contribution in [2.24, 2.45) is 0 Å². The van der Waals surface area contributed by atoms with Gasteiger partial charge in [-0.3, -0.25) is 4.90 Å². The van der Waals surface area contributed by atoms with Crippen molar-refractivity contribution < 1.29 is 9.47 Å². The number of hydrogen-bond acceptors (Lipinski definition) is 4. The fourth-order valence-electron chi connectivity index (χ4n) is 3.25. The summed E-state index contributed by atoms with van der Waals surface area (Å²) in [5, 5.41) is 6.09. The predicted octanol–water partition coefficient (Wildman–Crippen LogP) is 3.22. The highest BCUT2D eigenvalue weighted by molar-refractivity contribution is 5.87. The van der Waals surface area contributed by atoms with E-state index < -0.39 is 0 Å². The van der Waals surface area contributed by atoms with Gasteiger partial charge in [0.25, 0.3) is 0 Å². The fourth-order valence-corrected chi connectivity index (χ4v) is 3.25. The molecule has 0 amide bonds. The Kier molecular flexibility index (Phi) is 6.86. The van der Waals surface area contributed by atoms with E-state index in [-0.39, 0.29) is 0 Å². The van der Waals surface area contributed by atoms with Gasteiger partial charge in [-0.25, -0.2) is 0 Å². The van der Waals surface area contributed by atoms with Crippen LogP contribution in [-0.4, -0.2) is 50.9 Å². The molecule has 1 N–H and O–H groups in total. The molecule has 0 spiro atoms. The number of nitrogens with one attached hydrogen (secondary N) is 1. The van der Waals surface area contributed by atoms with E-state index in [1.54, 1.807) is 6.08 Å². The lowest BCUT2D eigenvalue weighted by Crippen LogP contribution is -2.37. The molecule has 3 rings (SSSR count). The van der Waals surface area contributed by atoms with Crippen LogP contribution in [0.25, 0.3) is 10.8 Å². The van der Waals surface area contributed by atoms with Crippen molar-refractivity contribution in [1.82, 2.24) is 10.2 Å². The monoisotopic (exact) mass is 340 g/mol. The van der Waals surface area contributed by atoms with Crippen LogP contribution in [0.4, 0.5) is 0 Å². The van der Waals surface area contributed by atoms with Gasteiger partial charge in [0, 0.05) is 25.2 Å². The second-order valence-corrected chi connectivity index (χ2v) is 6.35. The minimum Gasteiger partial charge on any atom is -0.489 e. The molecule has 0 radical (unpaired) electrons. The molecule has 2 aromatic rings. The summed E-state index contributed by atoms with van der Waals surface area (Å²) < 4.78 is 11.3. The molecule has 0 unspecified atom stereocenters. The second kappa shape index (κ2) is 9.56. The van der Waals surface area contributed by atoms with Gasteiger partial charge in [0.2, 0.25) is 0 Å². The lowest BCUT2D eigenvalue weighted by molar-refractivity contribution is 0.0374. The maximum absolute atomic E-state index is 5.87. The molecule has 2 aromatic carbocycles. The van der Waals surface area contributed by atoms with Crippen LogP contribution in [0.1, 0.15) is 12.0 Å². The molecule has 0 bridgehead atoms. The van der Waals surface area contributed by atoms with Gasteiger partial charge >= 0.3 is 0 Å². The Hall–Kier alpha value is -1.88. The molecule has 4 nitrogen and oxygen atoms in total. The first-order valence-electron chi connectivity index (χ1n) is 9.13. The van der Waals surface area contributed by atoms with Gasteiger partial charge < -0.3 is 14.8 Å². The summed E-state index contributed by atoms with van der Waals surface area (Å²) >= 11 is 0. The molecule has 1 aliphatic rings. The Bertz CT molecular complexity index is 681. The zero-order chi connectivity index (χ0) is 17.3. The largest absolute Gasteiger partial charge is 0.489 e. The van der Waals surface area contributed by atoms with Gasteiger partial charge in [0.1, 0.15) is 12.4 Å². The molecule has 0 aromatic heterocycles. The number of hydrogen-bond donors (Lipinski definition) is 1. The number of benzene rings is 2. The van der Waals surface area contributed by atoms with E-state index in [0.717, 1.165) is 58.1 Å². The van der Waals surface area contributed by atoms with Crippen LogP contribution < -0.4 is 10.1 Å². The molecule has 1 saturated heterocycles. The van der Waals surface area contributed by atoms with Crippen LogP contribution in [0.15, 0.2) is 49.1 Å². The number of nitrogens with zero attached hydrogens (tertiary/aromatic N) is 1. The third-order valence-corrected chi connectivity index (χ3v) is 4.59. The number of morpholine rings is 1. The number of fused-ring (bicyclic) bond motifs is 1. The third kappa shape index (κ3) is 5.05. The molecule has 134 valence electrons. The first kappa shape index (κ1) is 17.9. The van der Waals surface area contributed by atoms with E-state index in [1.165, 1.54) is 16.3 Å². The lowest BCUT2D eigenvalue weighted by Gasteiger charge is -2.26. The molecule has 4 heteroatoms. The van der Waals surface area contributed by atoms with Crippen LogP contribution in [0, 0.1) is 0 Å². The lowest BCUT2D eigenvalue weighted by atomic mass is 10.0. The highest BCUT2D eigenvalue weighted by atomic mass is 16.5. The predicted molar refractivity (Wildman–Crippen MR) is 103 cm³/mol. The summed E-state index contributed by atoms with van der Waals surface area (Å²) in [6.07, 6.45) is 2.93. The average Bonchev–Trinajstić information content (AvgIpc) is 2.67. The topological polar surface area (TPSA) is 33.7 Å². The van der Waals surface area contributed by atoms with Crippen molar-refractivity contribution in [1.29, 1.82) is 0 Å². The van der Waals surface area contributed by atoms with Gasteiger partial charge in [0.15, 0.2) is 0 Å². The average molecular weight is 340 g/mol. The smallest absolute Gasteiger partial charge is 0.124 e. The second-order valence-electron chi connectivity index (χ2n) is 6.35. The summed E-state index contributed by atoms with van der Waals surface area (Å²) in [6, 6.07) is 12.7. The molecular weight excluding hydrogens is 312 g/mol. The SMILES string of the molecule is C=CCOc1ccc2ccccc2c1CNCCCN1CCOCC1. The Morgan fingerprint density at radius 1 is 1.16 bits per heavy atom. The molecular formula is C21H28N2O2. The highest BCUT2D eigenvalue weighted by Gasteiger charge is 2.10. The minimum atomic E-state index is 0.530. The summed E-state index contributed by atoms with van der Waals surface area (Å²) in [4.78, 5) is 2.47. The third-order valence-electron chi connectivity index (χ3n) is 4.59. The maximum Gasteiger partial charge on any atom is 0.124 e. The Labute approximate surface area is 150 Å². The molecule has 0 aliphatic carbocycles. The van der Waals surface area contributed by atoms with Gasteiger partial charge in [0.05, 0.1) is 13.2 Å².